The molecule has 0 aliphatic carbocycles. The maximum absolute atomic E-state index is 6.27. The normalized spacial score (nSPS) is 11.2. The van der Waals surface area contributed by atoms with Crippen molar-refractivity contribution in [1.82, 2.24) is 15.0 Å². The molecule has 5 aromatic rings. The molecule has 0 aliphatic heterocycles. The first-order valence-electron chi connectivity index (χ1n) is 13.2. The van der Waals surface area contributed by atoms with Gasteiger partial charge in [-0.1, -0.05) is 70.2 Å². The molecule has 0 saturated heterocycles. The number of ether oxygens (including phenoxy) is 1. The lowest BCUT2D eigenvalue weighted by Gasteiger charge is -2.21. The van der Waals surface area contributed by atoms with Gasteiger partial charge in [0.1, 0.15) is 11.5 Å². The summed E-state index contributed by atoms with van der Waals surface area (Å²) < 4.78 is 6.27. The number of aromatic nitrogens is 3. The lowest BCUT2D eigenvalue weighted by Crippen LogP contribution is -2.01. The Morgan fingerprint density at radius 2 is 1.18 bits per heavy atom. The van der Waals surface area contributed by atoms with Crippen molar-refractivity contribution >= 4 is 0 Å². The van der Waals surface area contributed by atoms with Crippen LogP contribution >= 0.6 is 0 Å². The van der Waals surface area contributed by atoms with Crippen molar-refractivity contribution in [3.05, 3.63) is 114 Å². The summed E-state index contributed by atoms with van der Waals surface area (Å²) in [6.45, 7) is 11.1. The van der Waals surface area contributed by atoms with Crippen LogP contribution in [0.4, 0.5) is 0 Å². The Morgan fingerprint density at radius 1 is 0.605 bits per heavy atom. The zero-order chi connectivity index (χ0) is 26.6. The van der Waals surface area contributed by atoms with Crippen LogP contribution in [0.15, 0.2) is 97.3 Å². The number of pyridine rings is 1. The van der Waals surface area contributed by atoms with Crippen LogP contribution in [-0.4, -0.2) is 15.0 Å². The summed E-state index contributed by atoms with van der Waals surface area (Å²) in [5, 5.41) is 0. The number of nitrogens with zero attached hydrogens (tertiary/aromatic N) is 3. The van der Waals surface area contributed by atoms with Gasteiger partial charge in [-0.05, 0) is 83.5 Å². The van der Waals surface area contributed by atoms with Gasteiger partial charge in [-0.25, -0.2) is 9.97 Å². The number of aryl methyl sites for hydroxylation is 1. The summed E-state index contributed by atoms with van der Waals surface area (Å²) in [5.74, 6) is 3.01. The lowest BCUT2D eigenvalue weighted by molar-refractivity contribution is 0.483. The van der Waals surface area contributed by atoms with Gasteiger partial charge >= 0.3 is 0 Å². The van der Waals surface area contributed by atoms with Gasteiger partial charge < -0.3 is 4.74 Å². The maximum Gasteiger partial charge on any atom is 0.159 e. The smallest absolute Gasteiger partial charge is 0.159 e. The van der Waals surface area contributed by atoms with Crippen LogP contribution in [0.5, 0.6) is 11.5 Å². The maximum atomic E-state index is 6.27. The molecule has 0 radical (unpaired) electrons. The zero-order valence-electron chi connectivity index (χ0n) is 22.6. The first kappa shape index (κ1) is 25.3. The number of hydrogen-bond donors (Lipinski definition) is 0. The van der Waals surface area contributed by atoms with Gasteiger partial charge in [0.2, 0.25) is 0 Å². The van der Waals surface area contributed by atoms with Crippen molar-refractivity contribution < 1.29 is 4.74 Å². The lowest BCUT2D eigenvalue weighted by atomic mass is 9.84. The Morgan fingerprint density at radius 3 is 1.82 bits per heavy atom. The van der Waals surface area contributed by atoms with E-state index in [2.05, 4.69) is 87.1 Å². The molecule has 0 bridgehead atoms. The first-order valence-corrected chi connectivity index (χ1v) is 13.2. The summed E-state index contributed by atoms with van der Waals surface area (Å²) >= 11 is 0. The van der Waals surface area contributed by atoms with Gasteiger partial charge in [-0.3, -0.25) is 4.98 Å². The number of hydrogen-bond acceptors (Lipinski definition) is 4. The van der Waals surface area contributed by atoms with Crippen molar-refractivity contribution in [1.29, 1.82) is 0 Å². The quantitative estimate of drug-likeness (QED) is 0.224. The van der Waals surface area contributed by atoms with Gasteiger partial charge in [0, 0.05) is 29.2 Å². The van der Waals surface area contributed by atoms with Gasteiger partial charge in [-0.15, -0.1) is 0 Å². The SMILES string of the molecule is Cc1cc(-c2c(C(C)C)cccc2C(C)C)cc(-c2cccc(Oc3cccc(-c4ncccn4)c3)c2)n1. The molecule has 0 fully saturated rings. The van der Waals surface area contributed by atoms with Gasteiger partial charge in [0.05, 0.1) is 5.69 Å². The Bertz CT molecular complexity index is 1530. The fraction of sp³-hybridized carbons (Fsp3) is 0.206. The van der Waals surface area contributed by atoms with E-state index in [1.165, 1.54) is 22.3 Å². The number of benzene rings is 3. The molecule has 38 heavy (non-hydrogen) atoms. The zero-order valence-corrected chi connectivity index (χ0v) is 22.6. The molecule has 4 nitrogen and oxygen atoms in total. The molecule has 0 saturated carbocycles. The molecule has 0 unspecified atom stereocenters. The highest BCUT2D eigenvalue weighted by atomic mass is 16.5. The molecule has 190 valence electrons. The Balaban J connectivity index is 1.51. The molecular formula is C34H33N3O. The summed E-state index contributed by atoms with van der Waals surface area (Å²) in [4.78, 5) is 13.6. The molecule has 3 aromatic carbocycles. The molecule has 0 spiro atoms. The fourth-order valence-electron chi connectivity index (χ4n) is 4.85. The third-order valence-corrected chi connectivity index (χ3v) is 6.64. The van der Waals surface area contributed by atoms with Crippen LogP contribution in [0.3, 0.4) is 0 Å². The van der Waals surface area contributed by atoms with Crippen molar-refractivity contribution in [3.63, 3.8) is 0 Å². The van der Waals surface area contributed by atoms with Crippen LogP contribution in [0.2, 0.25) is 0 Å². The molecule has 5 rings (SSSR count). The minimum absolute atomic E-state index is 0.425. The summed E-state index contributed by atoms with van der Waals surface area (Å²) in [6.07, 6.45) is 3.48. The molecule has 4 heteroatoms. The molecule has 2 heterocycles. The predicted octanol–water partition coefficient (Wildman–Crippen LogP) is 9.22. The monoisotopic (exact) mass is 499 g/mol. The molecule has 0 aliphatic rings. The topological polar surface area (TPSA) is 47.9 Å². The fourth-order valence-corrected chi connectivity index (χ4v) is 4.85. The van der Waals surface area contributed by atoms with Gasteiger partial charge in [-0.2, -0.15) is 0 Å². The Hall–Kier alpha value is -4.31. The molecule has 0 amide bonds. The second-order valence-electron chi connectivity index (χ2n) is 10.2. The Kier molecular flexibility index (Phi) is 7.32. The van der Waals surface area contributed by atoms with E-state index in [-0.39, 0.29) is 0 Å². The third-order valence-electron chi connectivity index (χ3n) is 6.64. The van der Waals surface area contributed by atoms with E-state index in [0.717, 1.165) is 34.0 Å². The van der Waals surface area contributed by atoms with E-state index in [4.69, 9.17) is 9.72 Å². The van der Waals surface area contributed by atoms with Crippen LogP contribution in [0.1, 0.15) is 56.4 Å². The molecule has 0 atom stereocenters. The van der Waals surface area contributed by atoms with E-state index in [9.17, 15) is 0 Å². The third kappa shape index (κ3) is 5.50. The van der Waals surface area contributed by atoms with Crippen LogP contribution in [-0.2, 0) is 0 Å². The Labute approximate surface area is 225 Å². The van der Waals surface area contributed by atoms with Crippen LogP contribution in [0, 0.1) is 6.92 Å². The van der Waals surface area contributed by atoms with E-state index in [1.807, 2.05) is 42.5 Å². The molecule has 2 aromatic heterocycles. The second kappa shape index (κ2) is 11.0. The standard InChI is InChI=1S/C34H33N3O/c1-22(2)30-14-8-15-31(23(3)4)33(30)27-18-24(5)37-32(21-27)25-10-6-12-28(19-25)38-29-13-7-11-26(20-29)34-35-16-9-17-36-34/h6-23H,1-5H3. The van der Waals surface area contributed by atoms with E-state index in [1.54, 1.807) is 12.4 Å². The van der Waals surface area contributed by atoms with Crippen molar-refractivity contribution in [2.45, 2.75) is 46.5 Å². The first-order chi connectivity index (χ1) is 18.4. The van der Waals surface area contributed by atoms with E-state index < -0.39 is 0 Å². The average Bonchev–Trinajstić information content (AvgIpc) is 2.93. The van der Waals surface area contributed by atoms with E-state index in [0.29, 0.717) is 17.7 Å². The summed E-state index contributed by atoms with van der Waals surface area (Å²) in [6, 6.07) is 28.9. The second-order valence-corrected chi connectivity index (χ2v) is 10.2. The minimum atomic E-state index is 0.425. The summed E-state index contributed by atoms with van der Waals surface area (Å²) in [7, 11) is 0. The minimum Gasteiger partial charge on any atom is -0.457 e. The van der Waals surface area contributed by atoms with Crippen LogP contribution in [0.25, 0.3) is 33.8 Å². The van der Waals surface area contributed by atoms with Crippen molar-refractivity contribution in [3.8, 4) is 45.3 Å². The molecule has 0 N–H and O–H groups in total. The summed E-state index contributed by atoms with van der Waals surface area (Å²) in [5.41, 5.74) is 9.13. The van der Waals surface area contributed by atoms with Crippen LogP contribution < -0.4 is 4.74 Å². The highest BCUT2D eigenvalue weighted by Gasteiger charge is 2.17. The predicted molar refractivity (Wildman–Crippen MR) is 156 cm³/mol. The number of rotatable bonds is 7. The molecular weight excluding hydrogens is 466 g/mol. The average molecular weight is 500 g/mol. The highest BCUT2D eigenvalue weighted by molar-refractivity contribution is 5.77. The van der Waals surface area contributed by atoms with Crippen molar-refractivity contribution in [2.24, 2.45) is 0 Å². The van der Waals surface area contributed by atoms with Crippen molar-refractivity contribution in [2.75, 3.05) is 0 Å². The van der Waals surface area contributed by atoms with Gasteiger partial charge in [0.25, 0.3) is 0 Å². The van der Waals surface area contributed by atoms with E-state index >= 15 is 0 Å². The highest BCUT2D eigenvalue weighted by Crippen LogP contribution is 2.38. The van der Waals surface area contributed by atoms with Gasteiger partial charge in [0.15, 0.2) is 5.82 Å². The largest absolute Gasteiger partial charge is 0.457 e.